The van der Waals surface area contributed by atoms with Gasteiger partial charge >= 0.3 is 0 Å². The first-order valence-electron chi connectivity index (χ1n) is 6.85. The number of benzene rings is 2. The van der Waals surface area contributed by atoms with Crippen molar-refractivity contribution < 1.29 is 18.8 Å². The van der Waals surface area contributed by atoms with Crippen LogP contribution in [0.15, 0.2) is 36.4 Å². The fraction of sp³-hybridized carbons (Fsp3) is 0.0625. The lowest BCUT2D eigenvalue weighted by molar-refractivity contribution is -0.122. The Morgan fingerprint density at radius 1 is 1.20 bits per heavy atom. The van der Waals surface area contributed by atoms with E-state index in [9.17, 15) is 14.0 Å². The van der Waals surface area contributed by atoms with E-state index in [1.54, 1.807) is 18.2 Å². The Hall–Kier alpha value is -2.71. The van der Waals surface area contributed by atoms with E-state index in [0.717, 1.165) is 5.06 Å². The fourth-order valence-electron chi connectivity index (χ4n) is 2.06. The number of carbonyl (C=O) groups is 2. The van der Waals surface area contributed by atoms with Crippen molar-refractivity contribution in [1.29, 1.82) is 5.26 Å². The average Bonchev–Trinajstić information content (AvgIpc) is 2.57. The molecule has 128 valence electrons. The molecule has 25 heavy (non-hydrogen) atoms. The summed E-state index contributed by atoms with van der Waals surface area (Å²) < 4.78 is 15.1. The smallest absolute Gasteiger partial charge is 0.250 e. The molecule has 2 aromatic rings. The first kappa shape index (κ1) is 18.6. The summed E-state index contributed by atoms with van der Waals surface area (Å²) in [6.07, 6.45) is 0. The third-order valence-electron chi connectivity index (χ3n) is 3.13. The van der Waals surface area contributed by atoms with Gasteiger partial charge in [0.1, 0.15) is 17.3 Å². The molecule has 0 unspecified atom stereocenters. The Kier molecular flexibility index (Phi) is 5.89. The lowest BCUT2D eigenvalue weighted by Crippen LogP contribution is -2.29. The summed E-state index contributed by atoms with van der Waals surface area (Å²) in [5.41, 5.74) is 10.2. The van der Waals surface area contributed by atoms with Gasteiger partial charge in [0, 0.05) is 3.57 Å². The molecule has 0 saturated heterocycles. The van der Waals surface area contributed by atoms with E-state index in [4.69, 9.17) is 21.6 Å². The second-order valence-corrected chi connectivity index (χ2v) is 5.95. The molecule has 2 amide bonds. The zero-order valence-electron chi connectivity index (χ0n) is 12.7. The van der Waals surface area contributed by atoms with Crippen LogP contribution in [0.5, 0.6) is 0 Å². The van der Waals surface area contributed by atoms with Gasteiger partial charge in [0.2, 0.25) is 5.91 Å². The van der Waals surface area contributed by atoms with Crippen molar-refractivity contribution in [1.82, 2.24) is 0 Å². The number of hydrogen-bond acceptors (Lipinski definition) is 5. The van der Waals surface area contributed by atoms with Gasteiger partial charge in [0.05, 0.1) is 11.3 Å². The minimum absolute atomic E-state index is 0.0448. The normalized spacial score (nSPS) is 10.1. The van der Waals surface area contributed by atoms with Crippen LogP contribution in [-0.4, -0.2) is 18.4 Å². The number of nitrogens with zero attached hydrogens (tertiary/aromatic N) is 2. The first-order chi connectivity index (χ1) is 11.9. The number of carbonyl (C=O) groups excluding carboxylic acids is 2. The third kappa shape index (κ3) is 4.04. The van der Waals surface area contributed by atoms with Crippen LogP contribution in [0.1, 0.15) is 15.9 Å². The summed E-state index contributed by atoms with van der Waals surface area (Å²) in [4.78, 5) is 28.0. The van der Waals surface area contributed by atoms with Crippen LogP contribution in [0.2, 0.25) is 0 Å². The molecule has 2 rings (SSSR count). The number of primary amides is 2. The van der Waals surface area contributed by atoms with E-state index >= 15 is 0 Å². The van der Waals surface area contributed by atoms with Gasteiger partial charge in [0.25, 0.3) is 5.91 Å². The van der Waals surface area contributed by atoms with Crippen LogP contribution in [0.3, 0.4) is 0 Å². The number of para-hydroxylation sites is 1. The molecular formula is C16H12FIN4O3. The van der Waals surface area contributed by atoms with E-state index in [2.05, 4.69) is 0 Å². The molecule has 0 aliphatic heterocycles. The van der Waals surface area contributed by atoms with Gasteiger partial charge in [-0.25, -0.2) is 9.45 Å². The maximum atomic E-state index is 14.7. The number of hydrogen-bond donors (Lipinski definition) is 2. The molecular weight excluding hydrogens is 442 g/mol. The van der Waals surface area contributed by atoms with E-state index in [1.807, 2.05) is 22.6 Å². The van der Waals surface area contributed by atoms with Crippen LogP contribution < -0.4 is 16.5 Å². The van der Waals surface area contributed by atoms with E-state index in [-0.39, 0.29) is 22.5 Å². The van der Waals surface area contributed by atoms with Gasteiger partial charge in [-0.3, -0.25) is 14.4 Å². The Bertz CT molecular complexity index is 882. The summed E-state index contributed by atoms with van der Waals surface area (Å²) in [5.74, 6) is -2.43. The van der Waals surface area contributed by atoms with Crippen molar-refractivity contribution in [3.8, 4) is 6.07 Å². The van der Waals surface area contributed by atoms with Crippen molar-refractivity contribution in [2.75, 3.05) is 11.7 Å². The molecule has 0 heterocycles. The summed E-state index contributed by atoms with van der Waals surface area (Å²) in [7, 11) is 0. The predicted molar refractivity (Wildman–Crippen MR) is 96.1 cm³/mol. The fourth-order valence-corrected chi connectivity index (χ4v) is 2.59. The second-order valence-electron chi connectivity index (χ2n) is 4.78. The van der Waals surface area contributed by atoms with E-state index < -0.39 is 24.2 Å². The first-order valence-corrected chi connectivity index (χ1v) is 7.93. The van der Waals surface area contributed by atoms with Crippen LogP contribution in [-0.2, 0) is 9.63 Å². The molecule has 4 N–H and O–H groups in total. The van der Waals surface area contributed by atoms with Gasteiger partial charge in [-0.15, -0.1) is 0 Å². The Balaban J connectivity index is 2.65. The number of anilines is 2. The van der Waals surface area contributed by atoms with Crippen molar-refractivity contribution in [3.05, 3.63) is 56.9 Å². The van der Waals surface area contributed by atoms with Gasteiger partial charge < -0.3 is 11.5 Å². The van der Waals surface area contributed by atoms with Crippen LogP contribution in [0.4, 0.5) is 15.8 Å². The average molecular weight is 454 g/mol. The minimum Gasteiger partial charge on any atom is -0.368 e. The highest BCUT2D eigenvalue weighted by Crippen LogP contribution is 2.33. The maximum Gasteiger partial charge on any atom is 0.250 e. The molecule has 7 nitrogen and oxygen atoms in total. The standard InChI is InChI=1S/C16H12FIN4O3/c17-15-10(7-19)11(18)5-6-13(15)22(25-8-14(20)23)12-4-2-1-3-9(12)16(21)24/h1-6H,8H2,(H2,20,23)(H2,21,24). The molecule has 0 aliphatic carbocycles. The van der Waals surface area contributed by atoms with Crippen molar-refractivity contribution >= 4 is 45.8 Å². The topological polar surface area (TPSA) is 122 Å². The lowest BCUT2D eigenvalue weighted by atomic mass is 10.1. The number of rotatable bonds is 6. The molecule has 0 fully saturated rings. The molecule has 0 saturated carbocycles. The maximum absolute atomic E-state index is 14.7. The highest BCUT2D eigenvalue weighted by atomic mass is 127. The minimum atomic E-state index is -0.863. The monoisotopic (exact) mass is 454 g/mol. The SMILES string of the molecule is N#Cc1c(I)ccc(N(OCC(N)=O)c2ccccc2C(N)=O)c1F. The number of halogens is 2. The van der Waals surface area contributed by atoms with E-state index in [0.29, 0.717) is 3.57 Å². The molecule has 0 spiro atoms. The molecule has 0 radical (unpaired) electrons. The van der Waals surface area contributed by atoms with Crippen molar-refractivity contribution in [2.45, 2.75) is 0 Å². The Morgan fingerprint density at radius 2 is 1.88 bits per heavy atom. The molecule has 0 aliphatic rings. The van der Waals surface area contributed by atoms with Gasteiger partial charge in [0.15, 0.2) is 12.4 Å². The summed E-state index contributed by atoms with van der Waals surface area (Å²) in [6, 6.07) is 10.7. The third-order valence-corrected chi connectivity index (χ3v) is 4.02. The number of amides is 2. The predicted octanol–water partition coefficient (Wildman–Crippen LogP) is 1.96. The molecule has 2 aromatic carbocycles. The van der Waals surface area contributed by atoms with Gasteiger partial charge in [-0.2, -0.15) is 5.26 Å². The van der Waals surface area contributed by atoms with E-state index in [1.165, 1.54) is 24.3 Å². The van der Waals surface area contributed by atoms with Crippen molar-refractivity contribution in [3.63, 3.8) is 0 Å². The Labute approximate surface area is 156 Å². The van der Waals surface area contributed by atoms with Crippen LogP contribution in [0.25, 0.3) is 0 Å². The molecule has 0 aromatic heterocycles. The largest absolute Gasteiger partial charge is 0.368 e. The van der Waals surface area contributed by atoms with Crippen LogP contribution in [0, 0.1) is 20.7 Å². The summed E-state index contributed by atoms with van der Waals surface area (Å²) >= 11 is 1.82. The van der Waals surface area contributed by atoms with Gasteiger partial charge in [-0.05, 0) is 46.9 Å². The highest BCUT2D eigenvalue weighted by Gasteiger charge is 2.23. The Morgan fingerprint density at radius 3 is 2.48 bits per heavy atom. The van der Waals surface area contributed by atoms with Crippen LogP contribution >= 0.6 is 22.6 Å². The summed E-state index contributed by atoms with van der Waals surface area (Å²) in [6.45, 7) is -0.569. The molecule has 0 atom stereocenters. The van der Waals surface area contributed by atoms with Gasteiger partial charge in [-0.1, -0.05) is 12.1 Å². The zero-order valence-corrected chi connectivity index (χ0v) is 14.9. The molecule has 9 heteroatoms. The zero-order chi connectivity index (χ0) is 18.6. The number of nitrogens with two attached hydrogens (primary N) is 2. The lowest BCUT2D eigenvalue weighted by Gasteiger charge is -2.25. The highest BCUT2D eigenvalue weighted by molar-refractivity contribution is 14.1. The number of nitriles is 1. The second kappa shape index (κ2) is 7.91. The molecule has 0 bridgehead atoms. The van der Waals surface area contributed by atoms with Crippen molar-refractivity contribution in [2.24, 2.45) is 11.5 Å². The quantitative estimate of drug-likeness (QED) is 0.511. The summed E-state index contributed by atoms with van der Waals surface area (Å²) in [5, 5.41) is 10.1.